The lowest BCUT2D eigenvalue weighted by Gasteiger charge is -2.18. The largest absolute Gasteiger partial charge is 0.423 e. The van der Waals surface area contributed by atoms with Crippen molar-refractivity contribution in [3.63, 3.8) is 0 Å². The minimum Gasteiger partial charge on any atom is -0.423 e. The quantitative estimate of drug-likeness (QED) is 0.590. The van der Waals surface area contributed by atoms with Crippen molar-refractivity contribution in [2.45, 2.75) is 12.5 Å². The molecular weight excluding hydrogens is 392 g/mol. The molecule has 3 heterocycles. The Morgan fingerprint density at radius 2 is 2.07 bits per heavy atom. The molecule has 1 aliphatic heterocycles. The molecule has 0 radical (unpaired) electrons. The van der Waals surface area contributed by atoms with E-state index in [0.717, 1.165) is 6.08 Å². The van der Waals surface area contributed by atoms with Crippen LogP contribution in [0.3, 0.4) is 0 Å². The zero-order valence-corrected chi connectivity index (χ0v) is 15.1. The number of aromatic nitrogens is 4. The van der Waals surface area contributed by atoms with E-state index in [1.807, 2.05) is 0 Å². The Labute approximate surface area is 157 Å². The summed E-state index contributed by atoms with van der Waals surface area (Å²) in [6, 6.07) is 8.12. The number of hydrogen-bond acceptors (Lipinski definition) is 8. The van der Waals surface area contributed by atoms with Crippen LogP contribution in [0.1, 0.15) is 6.23 Å². The minimum absolute atomic E-state index is 0.151. The van der Waals surface area contributed by atoms with E-state index >= 15 is 0 Å². The van der Waals surface area contributed by atoms with Gasteiger partial charge in [-0.25, -0.2) is 23.9 Å². The summed E-state index contributed by atoms with van der Waals surface area (Å²) < 4.78 is 43.5. The zero-order chi connectivity index (χ0) is 19.7. The summed E-state index contributed by atoms with van der Waals surface area (Å²) in [5.74, 6) is -0.303. The van der Waals surface area contributed by atoms with Crippen LogP contribution in [0.25, 0.3) is 11.2 Å². The van der Waals surface area contributed by atoms with Crippen molar-refractivity contribution in [2.75, 3.05) is 12.1 Å². The Morgan fingerprint density at radius 1 is 1.29 bits per heavy atom. The van der Waals surface area contributed by atoms with E-state index in [1.54, 1.807) is 18.2 Å². The molecule has 10 nitrogen and oxygen atoms in total. The van der Waals surface area contributed by atoms with E-state index in [4.69, 9.17) is 19.7 Å². The lowest BCUT2D eigenvalue weighted by molar-refractivity contribution is -0.130. The van der Waals surface area contributed by atoms with Crippen LogP contribution in [0.15, 0.2) is 54.9 Å². The predicted molar refractivity (Wildman–Crippen MR) is 95.7 cm³/mol. The summed E-state index contributed by atoms with van der Waals surface area (Å²) in [4.78, 5) is 21.8. The number of para-hydroxylation sites is 1. The summed E-state index contributed by atoms with van der Waals surface area (Å²) in [6.07, 6.45) is 0.500. The number of ether oxygens (including phenoxy) is 2. The highest BCUT2D eigenvalue weighted by Crippen LogP contribution is 2.43. The van der Waals surface area contributed by atoms with Gasteiger partial charge in [-0.1, -0.05) is 18.2 Å². The minimum atomic E-state index is -4.12. The van der Waals surface area contributed by atoms with Crippen molar-refractivity contribution < 1.29 is 27.8 Å². The molecule has 1 aromatic carbocycles. The maximum Gasteiger partial charge on any atom is 0.402 e. The number of rotatable bonds is 6. The molecule has 3 aromatic rings. The zero-order valence-electron chi connectivity index (χ0n) is 14.3. The highest BCUT2D eigenvalue weighted by molar-refractivity contribution is 7.53. The van der Waals surface area contributed by atoms with Crippen LogP contribution in [-0.4, -0.2) is 37.1 Å². The van der Waals surface area contributed by atoms with Gasteiger partial charge in [-0.3, -0.25) is 4.57 Å². The monoisotopic (exact) mass is 407 g/mol. The Bertz CT molecular complexity index is 1080. The number of fused-ring (bicyclic) bond motifs is 1. The number of hydrogen-bond donors (Lipinski definition) is 2. The van der Waals surface area contributed by atoms with Crippen LogP contribution in [0.2, 0.25) is 0 Å². The lowest BCUT2D eigenvalue weighted by atomic mass is 10.3. The fourth-order valence-corrected chi connectivity index (χ4v) is 3.45. The normalized spacial score (nSPS) is 21.4. The molecule has 0 fully saturated rings. The fraction of sp³-hybridized carbons (Fsp3) is 0.188. The van der Waals surface area contributed by atoms with Crippen molar-refractivity contribution in [2.24, 2.45) is 0 Å². The van der Waals surface area contributed by atoms with E-state index < -0.39 is 32.3 Å². The summed E-state index contributed by atoms with van der Waals surface area (Å²) in [7, 11) is -4.12. The van der Waals surface area contributed by atoms with Gasteiger partial charge in [-0.05, 0) is 12.1 Å². The molecule has 0 saturated carbocycles. The van der Waals surface area contributed by atoms with Crippen LogP contribution >= 0.6 is 7.60 Å². The van der Waals surface area contributed by atoms with Gasteiger partial charge in [-0.2, -0.15) is 0 Å². The topological polar surface area (TPSA) is 135 Å². The average Bonchev–Trinajstić information content (AvgIpc) is 3.25. The molecule has 0 saturated heterocycles. The maximum atomic E-state index is 14.4. The van der Waals surface area contributed by atoms with Gasteiger partial charge in [0, 0.05) is 6.08 Å². The van der Waals surface area contributed by atoms with Gasteiger partial charge in [-0.15, -0.1) is 0 Å². The van der Waals surface area contributed by atoms with Gasteiger partial charge >= 0.3 is 7.60 Å². The van der Waals surface area contributed by atoms with Crippen molar-refractivity contribution >= 4 is 24.6 Å². The molecule has 0 aliphatic carbocycles. The SMILES string of the molecule is Nc1ncnc2c1ncn2C1OC(OCP(=O)(O)Oc2ccccc2)C=C1F. The molecule has 4 rings (SSSR count). The second-order valence-electron chi connectivity index (χ2n) is 5.83. The Kier molecular flexibility index (Phi) is 4.82. The number of nitrogen functional groups attached to an aromatic ring is 1. The fourth-order valence-electron chi connectivity index (χ4n) is 2.61. The number of nitrogens with zero attached hydrogens (tertiary/aromatic N) is 4. The highest BCUT2D eigenvalue weighted by Gasteiger charge is 2.33. The molecule has 3 atom stereocenters. The van der Waals surface area contributed by atoms with Gasteiger partial charge in [0.25, 0.3) is 0 Å². The number of benzene rings is 1. The number of anilines is 1. The van der Waals surface area contributed by atoms with Crippen LogP contribution < -0.4 is 10.3 Å². The molecule has 0 bridgehead atoms. The third-order valence-corrected chi connectivity index (χ3v) is 4.80. The predicted octanol–water partition coefficient (Wildman–Crippen LogP) is 2.36. The Balaban J connectivity index is 1.43. The van der Waals surface area contributed by atoms with E-state index in [-0.39, 0.29) is 17.2 Å². The Hall–Kier alpha value is -2.85. The molecule has 0 amide bonds. The number of nitrogens with two attached hydrogens (primary N) is 1. The summed E-state index contributed by atoms with van der Waals surface area (Å²) in [6.45, 7) is 0. The van der Waals surface area contributed by atoms with Crippen molar-refractivity contribution in [1.82, 2.24) is 19.5 Å². The average molecular weight is 407 g/mol. The molecule has 28 heavy (non-hydrogen) atoms. The standard InChI is InChI=1S/C16H15FN5O5P/c17-11-6-12(25-9-28(23,24)27-10-4-2-1-3-5-10)26-16(11)22-8-21-13-14(18)19-7-20-15(13)22/h1-8,12,16H,9H2,(H,23,24)(H2,18,19,20). The first-order valence-corrected chi connectivity index (χ1v) is 9.83. The van der Waals surface area contributed by atoms with E-state index in [0.29, 0.717) is 5.52 Å². The van der Waals surface area contributed by atoms with E-state index in [2.05, 4.69) is 15.0 Å². The van der Waals surface area contributed by atoms with Crippen LogP contribution in [0.5, 0.6) is 5.75 Å². The van der Waals surface area contributed by atoms with E-state index in [1.165, 1.54) is 29.4 Å². The molecule has 3 N–H and O–H groups in total. The van der Waals surface area contributed by atoms with Crippen molar-refractivity contribution in [3.8, 4) is 5.75 Å². The van der Waals surface area contributed by atoms with Gasteiger partial charge < -0.3 is 24.6 Å². The van der Waals surface area contributed by atoms with Gasteiger partial charge in [0.1, 0.15) is 17.6 Å². The number of halogens is 1. The van der Waals surface area contributed by atoms with Crippen LogP contribution in [0.4, 0.5) is 10.2 Å². The third kappa shape index (κ3) is 3.73. The molecule has 0 spiro atoms. The summed E-state index contributed by atoms with van der Waals surface area (Å²) in [5, 5.41) is 0. The number of imidazole rings is 1. The van der Waals surface area contributed by atoms with Gasteiger partial charge in [0.15, 0.2) is 36.2 Å². The summed E-state index contributed by atoms with van der Waals surface area (Å²) in [5.41, 5.74) is 6.30. The Morgan fingerprint density at radius 3 is 2.86 bits per heavy atom. The first-order valence-electron chi connectivity index (χ1n) is 8.07. The first kappa shape index (κ1) is 18.5. The molecule has 12 heteroatoms. The molecular formula is C16H15FN5O5P. The molecule has 3 unspecified atom stereocenters. The van der Waals surface area contributed by atoms with Crippen LogP contribution in [-0.2, 0) is 14.0 Å². The molecule has 2 aromatic heterocycles. The van der Waals surface area contributed by atoms with Gasteiger partial charge in [0.2, 0.25) is 0 Å². The second kappa shape index (κ2) is 7.28. The summed E-state index contributed by atoms with van der Waals surface area (Å²) >= 11 is 0. The smallest absolute Gasteiger partial charge is 0.402 e. The molecule has 1 aliphatic rings. The molecule has 146 valence electrons. The first-order chi connectivity index (χ1) is 13.4. The third-order valence-electron chi connectivity index (χ3n) is 3.83. The van der Waals surface area contributed by atoms with Crippen molar-refractivity contribution in [1.29, 1.82) is 0 Å². The maximum absolute atomic E-state index is 14.4. The second-order valence-corrected chi connectivity index (χ2v) is 7.54. The lowest BCUT2D eigenvalue weighted by Crippen LogP contribution is -2.17. The highest BCUT2D eigenvalue weighted by atomic mass is 31.2. The van der Waals surface area contributed by atoms with Crippen LogP contribution in [0, 0.1) is 0 Å². The van der Waals surface area contributed by atoms with E-state index in [9.17, 15) is 13.8 Å². The van der Waals surface area contributed by atoms with Crippen molar-refractivity contribution in [3.05, 3.63) is 54.9 Å². The van der Waals surface area contributed by atoms with Gasteiger partial charge in [0.05, 0.1) is 6.33 Å².